The van der Waals surface area contributed by atoms with Crippen molar-refractivity contribution >= 4 is 11.7 Å². The van der Waals surface area contributed by atoms with E-state index < -0.39 is 17.9 Å². The number of carbonyl (C=O) groups excluding carboxylic acids is 1. The molecule has 10 heteroatoms. The van der Waals surface area contributed by atoms with Crippen LogP contribution in [0, 0.1) is 0 Å². The molecule has 0 bridgehead atoms. The van der Waals surface area contributed by atoms with Crippen LogP contribution in [0.2, 0.25) is 0 Å². The summed E-state index contributed by atoms with van der Waals surface area (Å²) in [5, 5.41) is 6.38. The van der Waals surface area contributed by atoms with Crippen molar-refractivity contribution in [2.45, 2.75) is 31.5 Å². The average Bonchev–Trinajstić information content (AvgIpc) is 3.30. The number of nitrogens with zero attached hydrogens (tertiary/aromatic N) is 5. The van der Waals surface area contributed by atoms with Crippen molar-refractivity contribution in [2.24, 2.45) is 0 Å². The van der Waals surface area contributed by atoms with Gasteiger partial charge in [0.2, 0.25) is 5.78 Å². The number of alkyl halides is 3. The Balaban J connectivity index is 1.78. The second kappa shape index (κ2) is 6.11. The minimum atomic E-state index is -4.55. The van der Waals surface area contributed by atoms with Gasteiger partial charge in [-0.2, -0.15) is 18.3 Å². The Labute approximate surface area is 145 Å². The molecule has 1 aliphatic heterocycles. The zero-order chi connectivity index (χ0) is 18.3. The van der Waals surface area contributed by atoms with E-state index in [2.05, 4.69) is 20.2 Å². The van der Waals surface area contributed by atoms with E-state index in [1.165, 1.54) is 18.6 Å². The van der Waals surface area contributed by atoms with Crippen molar-refractivity contribution in [3.05, 3.63) is 47.8 Å². The molecule has 0 spiro atoms. The van der Waals surface area contributed by atoms with E-state index in [1.54, 1.807) is 11.0 Å². The summed E-state index contributed by atoms with van der Waals surface area (Å²) in [6.45, 7) is 0.450. The monoisotopic (exact) mass is 364 g/mol. The molecule has 0 aliphatic carbocycles. The SMILES string of the molecule is O=C(c1ccn[nH]1)N1CCCC[C@H]1c1cc(C(F)(F)F)n2ccnc2n1. The molecule has 4 heterocycles. The second-order valence-corrected chi connectivity index (χ2v) is 6.14. The largest absolute Gasteiger partial charge is 0.431 e. The molecule has 0 radical (unpaired) electrons. The Bertz CT molecular complexity index is 933. The topological polar surface area (TPSA) is 79.2 Å². The maximum absolute atomic E-state index is 13.5. The normalized spacial score (nSPS) is 18.4. The summed E-state index contributed by atoms with van der Waals surface area (Å²) in [4.78, 5) is 22.5. The minimum absolute atomic E-state index is 0.0330. The molecule has 1 N–H and O–H groups in total. The molecular formula is C16H15F3N6O. The lowest BCUT2D eigenvalue weighted by Crippen LogP contribution is -2.39. The summed E-state index contributed by atoms with van der Waals surface area (Å²) in [6.07, 6.45) is 1.54. The van der Waals surface area contributed by atoms with Gasteiger partial charge in [0.25, 0.3) is 5.91 Å². The molecule has 1 atom stereocenters. The van der Waals surface area contributed by atoms with Gasteiger partial charge < -0.3 is 4.90 Å². The van der Waals surface area contributed by atoms with Crippen molar-refractivity contribution in [2.75, 3.05) is 6.54 Å². The van der Waals surface area contributed by atoms with Crippen LogP contribution in [0.4, 0.5) is 13.2 Å². The average molecular weight is 364 g/mol. The zero-order valence-electron chi connectivity index (χ0n) is 13.6. The van der Waals surface area contributed by atoms with Gasteiger partial charge in [-0.15, -0.1) is 0 Å². The third-order valence-electron chi connectivity index (χ3n) is 4.52. The highest BCUT2D eigenvalue weighted by atomic mass is 19.4. The van der Waals surface area contributed by atoms with Gasteiger partial charge >= 0.3 is 6.18 Å². The summed E-state index contributed by atoms with van der Waals surface area (Å²) in [5.41, 5.74) is -0.354. The predicted octanol–water partition coefficient (Wildman–Crippen LogP) is 2.84. The van der Waals surface area contributed by atoms with Gasteiger partial charge in [-0.1, -0.05) is 0 Å². The van der Waals surface area contributed by atoms with E-state index >= 15 is 0 Å². The first kappa shape index (κ1) is 16.6. The quantitative estimate of drug-likeness (QED) is 0.758. The molecule has 136 valence electrons. The van der Waals surface area contributed by atoms with E-state index in [0.29, 0.717) is 18.7 Å². The number of nitrogens with one attached hydrogen (secondary N) is 1. The van der Waals surface area contributed by atoms with Crippen LogP contribution in [0.15, 0.2) is 30.7 Å². The van der Waals surface area contributed by atoms with Crippen molar-refractivity contribution < 1.29 is 18.0 Å². The third-order valence-corrected chi connectivity index (χ3v) is 4.52. The Morgan fingerprint density at radius 2 is 2.12 bits per heavy atom. The number of fused-ring (bicyclic) bond motifs is 1. The van der Waals surface area contributed by atoms with Crippen LogP contribution in [0.5, 0.6) is 0 Å². The molecule has 1 amide bonds. The zero-order valence-corrected chi connectivity index (χ0v) is 13.6. The van der Waals surface area contributed by atoms with E-state index in [1.807, 2.05) is 0 Å². The summed E-state index contributed by atoms with van der Waals surface area (Å²) in [7, 11) is 0. The lowest BCUT2D eigenvalue weighted by molar-refractivity contribution is -0.142. The maximum atomic E-state index is 13.5. The van der Waals surface area contributed by atoms with Crippen molar-refractivity contribution in [3.63, 3.8) is 0 Å². The number of carbonyl (C=O) groups is 1. The molecule has 4 rings (SSSR count). The fourth-order valence-electron chi connectivity index (χ4n) is 3.32. The van der Waals surface area contributed by atoms with Crippen LogP contribution in [0.1, 0.15) is 47.2 Å². The van der Waals surface area contributed by atoms with E-state index in [-0.39, 0.29) is 17.4 Å². The van der Waals surface area contributed by atoms with Crippen LogP contribution in [-0.2, 0) is 6.18 Å². The molecule has 0 saturated carbocycles. The molecule has 1 aliphatic rings. The lowest BCUT2D eigenvalue weighted by atomic mass is 9.98. The maximum Gasteiger partial charge on any atom is 0.431 e. The fraction of sp³-hybridized carbons (Fsp3) is 0.375. The number of hydrogen-bond donors (Lipinski definition) is 1. The van der Waals surface area contributed by atoms with Gasteiger partial charge in [0.15, 0.2) is 0 Å². The van der Waals surface area contributed by atoms with Crippen LogP contribution in [-0.4, -0.2) is 41.9 Å². The summed E-state index contributed by atoms with van der Waals surface area (Å²) < 4.78 is 41.3. The molecule has 1 saturated heterocycles. The number of hydrogen-bond acceptors (Lipinski definition) is 4. The van der Waals surface area contributed by atoms with E-state index in [9.17, 15) is 18.0 Å². The molecule has 3 aromatic heterocycles. The summed E-state index contributed by atoms with van der Waals surface area (Å²) in [5.74, 6) is -0.333. The summed E-state index contributed by atoms with van der Waals surface area (Å²) >= 11 is 0. The van der Waals surface area contributed by atoms with E-state index in [4.69, 9.17) is 0 Å². The molecule has 3 aromatic rings. The molecule has 0 aromatic carbocycles. The van der Waals surface area contributed by atoms with Gasteiger partial charge in [0.05, 0.1) is 11.7 Å². The number of rotatable bonds is 2. The van der Waals surface area contributed by atoms with Gasteiger partial charge in [-0.3, -0.25) is 14.3 Å². The first-order valence-corrected chi connectivity index (χ1v) is 8.16. The number of piperidine rings is 1. The Morgan fingerprint density at radius 3 is 2.85 bits per heavy atom. The number of likely N-dealkylation sites (tertiary alicyclic amines) is 1. The van der Waals surface area contributed by atoms with Gasteiger partial charge in [-0.25, -0.2) is 9.97 Å². The minimum Gasteiger partial charge on any atom is -0.329 e. The van der Waals surface area contributed by atoms with Gasteiger partial charge in [-0.05, 0) is 31.4 Å². The van der Waals surface area contributed by atoms with Crippen LogP contribution in [0.3, 0.4) is 0 Å². The smallest absolute Gasteiger partial charge is 0.329 e. The first-order valence-electron chi connectivity index (χ1n) is 8.16. The fourth-order valence-corrected chi connectivity index (χ4v) is 3.32. The van der Waals surface area contributed by atoms with Gasteiger partial charge in [0, 0.05) is 25.1 Å². The van der Waals surface area contributed by atoms with Crippen LogP contribution in [0.25, 0.3) is 5.78 Å². The number of aromatic nitrogens is 5. The summed E-state index contributed by atoms with van der Waals surface area (Å²) in [6, 6.07) is 2.01. The van der Waals surface area contributed by atoms with Crippen molar-refractivity contribution in [3.8, 4) is 0 Å². The lowest BCUT2D eigenvalue weighted by Gasteiger charge is -2.35. The highest BCUT2D eigenvalue weighted by Gasteiger charge is 2.37. The van der Waals surface area contributed by atoms with Crippen LogP contribution < -0.4 is 0 Å². The molecule has 0 unspecified atom stereocenters. The number of imidazole rings is 1. The molecule has 26 heavy (non-hydrogen) atoms. The molecular weight excluding hydrogens is 349 g/mol. The Morgan fingerprint density at radius 1 is 1.27 bits per heavy atom. The number of amides is 1. The number of halogens is 3. The highest BCUT2D eigenvalue weighted by Crippen LogP contribution is 2.35. The van der Waals surface area contributed by atoms with E-state index in [0.717, 1.165) is 23.3 Å². The Kier molecular flexibility index (Phi) is 3.89. The van der Waals surface area contributed by atoms with Gasteiger partial charge in [0.1, 0.15) is 11.4 Å². The molecule has 1 fully saturated rings. The molecule has 7 nitrogen and oxygen atoms in total. The highest BCUT2D eigenvalue weighted by molar-refractivity contribution is 5.92. The standard InChI is InChI=1S/C16H15F3N6O/c17-16(18,19)13-9-11(22-15-20-6-8-25(13)15)12-3-1-2-7-24(12)14(26)10-4-5-21-23-10/h4-6,8-9,12H,1-3,7H2,(H,21,23)/t12-/m0/s1. The number of H-pyrrole nitrogens is 1. The van der Waals surface area contributed by atoms with Crippen molar-refractivity contribution in [1.29, 1.82) is 0 Å². The Hall–Kier alpha value is -2.91. The third kappa shape index (κ3) is 2.80. The second-order valence-electron chi connectivity index (χ2n) is 6.14. The van der Waals surface area contributed by atoms with Crippen LogP contribution >= 0.6 is 0 Å². The first-order chi connectivity index (χ1) is 12.4. The predicted molar refractivity (Wildman–Crippen MR) is 84.2 cm³/mol. The number of aromatic amines is 1. The van der Waals surface area contributed by atoms with Crippen molar-refractivity contribution in [1.82, 2.24) is 29.5 Å².